The van der Waals surface area contributed by atoms with Gasteiger partial charge < -0.3 is 0 Å². The van der Waals surface area contributed by atoms with Crippen LogP contribution in [-0.2, 0) is 22.5 Å². The number of carbonyl (C=O) groups is 1. The summed E-state index contributed by atoms with van der Waals surface area (Å²) in [6, 6.07) is 17.6. The maximum Gasteiger partial charge on any atom is 0.355 e. The Bertz CT molecular complexity index is 1170. The second-order valence-corrected chi connectivity index (χ2v) is 11.2. The van der Waals surface area contributed by atoms with Gasteiger partial charge in [0.1, 0.15) is 0 Å². The zero-order chi connectivity index (χ0) is 24.3. The lowest BCUT2D eigenvalue weighted by molar-refractivity contribution is -0.213. The highest BCUT2D eigenvalue weighted by molar-refractivity contribution is 7.69. The molecule has 184 valence electrons. The van der Waals surface area contributed by atoms with E-state index in [1.165, 1.54) is 63.9 Å². The summed E-state index contributed by atoms with van der Waals surface area (Å²) in [6.07, 6.45) is 14.3. The van der Waals surface area contributed by atoms with Gasteiger partial charge in [0.25, 0.3) is 0 Å². The van der Waals surface area contributed by atoms with Crippen LogP contribution in [0.1, 0.15) is 68.9 Å². The minimum Gasteiger partial charge on any atom is -0.287 e. The highest BCUT2D eigenvalue weighted by Crippen LogP contribution is 2.27. The SMILES string of the molecule is O=C(CCCCCCCCCC1=CCc2ccccc2C1)OOc1ccc(-c2cc(=O)ss2)cc1. The van der Waals surface area contributed by atoms with Gasteiger partial charge >= 0.3 is 5.97 Å². The van der Waals surface area contributed by atoms with Crippen LogP contribution < -0.4 is 9.63 Å². The van der Waals surface area contributed by atoms with Crippen LogP contribution >= 0.6 is 20.7 Å². The molecular formula is C29H32O4S2. The molecule has 4 rings (SSSR count). The number of fused-ring (bicyclic) bond motifs is 1. The first-order chi connectivity index (χ1) is 17.2. The molecule has 1 heterocycles. The molecule has 1 aliphatic carbocycles. The molecule has 0 saturated heterocycles. The summed E-state index contributed by atoms with van der Waals surface area (Å²) in [6.45, 7) is 0. The third-order valence-electron chi connectivity index (χ3n) is 6.36. The van der Waals surface area contributed by atoms with Crippen molar-refractivity contribution in [3.63, 3.8) is 0 Å². The predicted molar refractivity (Wildman–Crippen MR) is 144 cm³/mol. The van der Waals surface area contributed by atoms with E-state index in [0.717, 1.165) is 42.5 Å². The average Bonchev–Trinajstić information content (AvgIpc) is 3.33. The van der Waals surface area contributed by atoms with Crippen LogP contribution in [0.15, 0.2) is 71.0 Å². The molecule has 0 fully saturated rings. The molecule has 0 radical (unpaired) electrons. The van der Waals surface area contributed by atoms with Gasteiger partial charge in [-0.3, -0.25) is 14.6 Å². The van der Waals surface area contributed by atoms with Gasteiger partial charge in [-0.2, -0.15) is 0 Å². The van der Waals surface area contributed by atoms with E-state index in [9.17, 15) is 9.59 Å². The Morgan fingerprint density at radius 3 is 2.29 bits per heavy atom. The number of rotatable bonds is 13. The van der Waals surface area contributed by atoms with Crippen molar-refractivity contribution in [2.24, 2.45) is 0 Å². The summed E-state index contributed by atoms with van der Waals surface area (Å²) < 4.78 is 0.0542. The van der Waals surface area contributed by atoms with Crippen LogP contribution in [0.3, 0.4) is 0 Å². The second kappa shape index (κ2) is 13.4. The lowest BCUT2D eigenvalue weighted by Crippen LogP contribution is -2.07. The third kappa shape index (κ3) is 8.18. The first kappa shape index (κ1) is 25.4. The van der Waals surface area contributed by atoms with E-state index in [-0.39, 0.29) is 10.7 Å². The van der Waals surface area contributed by atoms with Crippen LogP contribution in [-0.4, -0.2) is 5.97 Å². The number of hydrogen-bond donors (Lipinski definition) is 0. The first-order valence-corrected chi connectivity index (χ1v) is 14.6. The molecule has 0 aliphatic heterocycles. The average molecular weight is 509 g/mol. The molecule has 4 nitrogen and oxygen atoms in total. The summed E-state index contributed by atoms with van der Waals surface area (Å²) in [7, 11) is 2.67. The van der Waals surface area contributed by atoms with Gasteiger partial charge in [-0.05, 0) is 83.4 Å². The van der Waals surface area contributed by atoms with Crippen LogP contribution in [0.25, 0.3) is 10.4 Å². The quantitative estimate of drug-likeness (QED) is 0.0774. The van der Waals surface area contributed by atoms with Crippen LogP contribution in [0.2, 0.25) is 0 Å². The maximum absolute atomic E-state index is 11.9. The van der Waals surface area contributed by atoms with Crippen molar-refractivity contribution >= 4 is 26.7 Å². The Hall–Kier alpha value is -2.70. The molecule has 6 heteroatoms. The van der Waals surface area contributed by atoms with E-state index in [2.05, 4.69) is 30.3 Å². The number of unbranched alkanes of at least 4 members (excludes halogenated alkanes) is 6. The van der Waals surface area contributed by atoms with Crippen molar-refractivity contribution in [2.45, 2.75) is 70.6 Å². The van der Waals surface area contributed by atoms with Gasteiger partial charge in [0.15, 0.2) is 5.75 Å². The summed E-state index contributed by atoms with van der Waals surface area (Å²) >= 11 is 0. The lowest BCUT2D eigenvalue weighted by Gasteiger charge is -2.16. The van der Waals surface area contributed by atoms with E-state index in [4.69, 9.17) is 9.78 Å². The van der Waals surface area contributed by atoms with Crippen molar-refractivity contribution in [2.75, 3.05) is 0 Å². The van der Waals surface area contributed by atoms with Crippen molar-refractivity contribution < 1.29 is 14.6 Å². The Morgan fingerprint density at radius 2 is 1.54 bits per heavy atom. The monoisotopic (exact) mass is 508 g/mol. The summed E-state index contributed by atoms with van der Waals surface area (Å²) in [4.78, 5) is 34.3. The van der Waals surface area contributed by atoms with E-state index < -0.39 is 0 Å². The third-order valence-corrected chi connectivity index (χ3v) is 8.54. The van der Waals surface area contributed by atoms with Crippen LogP contribution in [0.5, 0.6) is 5.75 Å². The number of benzene rings is 2. The Labute approximate surface area is 214 Å². The first-order valence-electron chi connectivity index (χ1n) is 12.5. The normalized spacial score (nSPS) is 12.6. The highest BCUT2D eigenvalue weighted by Gasteiger charge is 2.10. The van der Waals surface area contributed by atoms with Gasteiger partial charge in [0.05, 0.1) is 6.42 Å². The number of carbonyl (C=O) groups excluding carboxylic acids is 1. The second-order valence-electron chi connectivity index (χ2n) is 9.04. The Balaban J connectivity index is 0.998. The fraction of sp³-hybridized carbons (Fsp3) is 0.379. The molecule has 0 amide bonds. The fourth-order valence-electron chi connectivity index (χ4n) is 4.38. The minimum absolute atomic E-state index is 0.0542. The molecule has 0 saturated carbocycles. The molecule has 35 heavy (non-hydrogen) atoms. The standard InChI is InChI=1S/C29H32O4S2/c30-28(33-32-26-18-16-24(17-19-26)27-21-29(31)35-34-27)13-7-5-3-1-2-4-6-10-22-14-15-23-11-8-9-12-25(23)20-22/h8-9,11-12,14,16-19,21H,1-7,10,13,15,20H2. The van der Waals surface area contributed by atoms with E-state index >= 15 is 0 Å². The maximum atomic E-state index is 11.9. The van der Waals surface area contributed by atoms with Crippen molar-refractivity contribution in [3.05, 3.63) is 86.9 Å². The molecular weight excluding hydrogens is 476 g/mol. The zero-order valence-corrected chi connectivity index (χ0v) is 21.6. The number of hydrogen-bond acceptors (Lipinski definition) is 6. The fourth-order valence-corrected chi connectivity index (χ4v) is 6.27. The van der Waals surface area contributed by atoms with Gasteiger partial charge in [-0.15, -0.1) is 0 Å². The smallest absolute Gasteiger partial charge is 0.287 e. The van der Waals surface area contributed by atoms with Crippen molar-refractivity contribution in [1.29, 1.82) is 0 Å². The van der Waals surface area contributed by atoms with Crippen molar-refractivity contribution in [1.82, 2.24) is 0 Å². The van der Waals surface area contributed by atoms with Gasteiger partial charge in [-0.1, -0.05) is 78.4 Å². The van der Waals surface area contributed by atoms with E-state index in [1.807, 2.05) is 12.1 Å². The molecule has 0 bridgehead atoms. The summed E-state index contributed by atoms with van der Waals surface area (Å²) in [5, 5.41) is 0. The Morgan fingerprint density at radius 1 is 0.829 bits per heavy atom. The van der Waals surface area contributed by atoms with E-state index in [1.54, 1.807) is 23.8 Å². The summed E-state index contributed by atoms with van der Waals surface area (Å²) in [5.41, 5.74) is 5.53. The molecule has 1 aliphatic rings. The molecule has 0 atom stereocenters. The van der Waals surface area contributed by atoms with Crippen LogP contribution in [0, 0.1) is 0 Å². The highest BCUT2D eigenvalue weighted by atomic mass is 32.9. The predicted octanol–water partition coefficient (Wildman–Crippen LogP) is 7.91. The molecule has 0 unspecified atom stereocenters. The lowest BCUT2D eigenvalue weighted by atomic mass is 9.89. The molecule has 0 N–H and O–H groups in total. The van der Waals surface area contributed by atoms with Gasteiger partial charge in [0.2, 0.25) is 4.74 Å². The van der Waals surface area contributed by atoms with Gasteiger partial charge in [-0.25, -0.2) is 4.79 Å². The molecule has 1 aromatic heterocycles. The Kier molecular flexibility index (Phi) is 9.73. The molecule has 3 aromatic rings. The van der Waals surface area contributed by atoms with Crippen LogP contribution in [0.4, 0.5) is 0 Å². The minimum atomic E-state index is -0.340. The number of allylic oxidation sites excluding steroid dienone is 2. The topological polar surface area (TPSA) is 52.6 Å². The van der Waals surface area contributed by atoms with E-state index in [0.29, 0.717) is 12.2 Å². The molecule has 0 spiro atoms. The van der Waals surface area contributed by atoms with Crippen molar-refractivity contribution in [3.8, 4) is 16.2 Å². The largest absolute Gasteiger partial charge is 0.355 e. The van der Waals surface area contributed by atoms with Gasteiger partial charge in [0, 0.05) is 10.9 Å². The molecule has 2 aromatic carbocycles. The zero-order valence-electron chi connectivity index (χ0n) is 20.0. The summed E-state index contributed by atoms with van der Waals surface area (Å²) in [5.74, 6) is 0.130.